The number of carbonyl (C=O) groups excluding carboxylic acids is 2. The molecule has 1 N–H and O–H groups in total. The molecule has 0 saturated heterocycles. The van der Waals surface area contributed by atoms with E-state index in [1.807, 2.05) is 21.1 Å². The zero-order chi connectivity index (χ0) is 35.6. The fraction of sp³-hybridized carbons (Fsp3) is 0.953. The lowest BCUT2D eigenvalue weighted by Crippen LogP contribution is -3.00. The Morgan fingerprint density at radius 3 is 1.02 bits per heavy atom. The summed E-state index contributed by atoms with van der Waals surface area (Å²) < 4.78 is 5.86. The van der Waals surface area contributed by atoms with Crippen LogP contribution in [-0.4, -0.2) is 55.3 Å². The maximum atomic E-state index is 13.0. The average molecular weight is 717 g/mol. The van der Waals surface area contributed by atoms with Gasteiger partial charge in [0.2, 0.25) is 0 Å². The molecule has 0 rings (SSSR count). The molecule has 0 saturated carbocycles. The molecule has 0 aliphatic rings. The molecule has 0 radical (unpaired) electrons. The van der Waals surface area contributed by atoms with Crippen molar-refractivity contribution in [3.05, 3.63) is 0 Å². The van der Waals surface area contributed by atoms with Crippen LogP contribution in [0.1, 0.15) is 226 Å². The lowest BCUT2D eigenvalue weighted by atomic mass is 9.94. The first-order chi connectivity index (χ1) is 23.2. The number of quaternary nitrogens is 1. The monoisotopic (exact) mass is 716 g/mol. The highest BCUT2D eigenvalue weighted by molar-refractivity contribution is 5.86. The molecule has 0 fully saturated rings. The van der Waals surface area contributed by atoms with E-state index in [0.717, 1.165) is 38.5 Å². The van der Waals surface area contributed by atoms with Gasteiger partial charge in [0.25, 0.3) is 0 Å². The van der Waals surface area contributed by atoms with E-state index in [4.69, 9.17) is 4.74 Å². The van der Waals surface area contributed by atoms with Gasteiger partial charge >= 0.3 is 11.9 Å². The largest absolute Gasteiger partial charge is 1.00 e. The molecule has 0 aromatic rings. The first-order valence-corrected chi connectivity index (χ1v) is 21.4. The van der Waals surface area contributed by atoms with Gasteiger partial charge in [-0.1, -0.05) is 206 Å². The lowest BCUT2D eigenvalue weighted by molar-refractivity contribution is -0.873. The molecule has 0 aromatic heterocycles. The highest BCUT2D eigenvalue weighted by Gasteiger charge is 2.25. The number of rotatable bonds is 37. The highest BCUT2D eigenvalue weighted by atomic mass is 35.5. The van der Waals surface area contributed by atoms with Gasteiger partial charge in [0.15, 0.2) is 0 Å². The lowest BCUT2D eigenvalue weighted by Gasteiger charge is -2.26. The predicted molar refractivity (Wildman–Crippen MR) is 207 cm³/mol. The maximum Gasteiger partial charge on any atom is 0.316 e. The highest BCUT2D eigenvalue weighted by Crippen LogP contribution is 2.22. The number of hydrogen-bond acceptors (Lipinski definition) is 4. The van der Waals surface area contributed by atoms with E-state index in [1.54, 1.807) is 0 Å². The van der Waals surface area contributed by atoms with Crippen molar-refractivity contribution < 1.29 is 36.3 Å². The van der Waals surface area contributed by atoms with Crippen molar-refractivity contribution in [2.75, 3.05) is 27.7 Å². The molecule has 0 amide bonds. The first kappa shape index (κ1) is 50.5. The third-order valence-corrected chi connectivity index (χ3v) is 10.0. The summed E-state index contributed by atoms with van der Waals surface area (Å²) in [6, 6.07) is 0. The Morgan fingerprint density at radius 2 is 0.755 bits per heavy atom. The number of carbonyl (C=O) groups is 2. The predicted octanol–water partition coefficient (Wildman–Crippen LogP) is 9.66. The third-order valence-electron chi connectivity index (χ3n) is 10.0. The number of aliphatic hydroxyl groups excluding tert-OH is 1. The average Bonchev–Trinajstić information content (AvgIpc) is 3.02. The summed E-state index contributed by atoms with van der Waals surface area (Å²) in [5.41, 5.74) is 0. The summed E-state index contributed by atoms with van der Waals surface area (Å²) >= 11 is 0. The minimum absolute atomic E-state index is 0. The molecule has 0 spiro atoms. The van der Waals surface area contributed by atoms with Gasteiger partial charge in [-0.2, -0.15) is 0 Å². The number of aliphatic hydroxyl groups is 1. The van der Waals surface area contributed by atoms with E-state index in [2.05, 4.69) is 13.8 Å². The zero-order valence-corrected chi connectivity index (χ0v) is 34.4. The molecule has 0 aliphatic carbocycles. The van der Waals surface area contributed by atoms with Crippen molar-refractivity contribution in [2.24, 2.45) is 5.92 Å². The summed E-state index contributed by atoms with van der Waals surface area (Å²) in [6.07, 6.45) is 40.6. The number of ether oxygens (including phenoxy) is 1. The molecule has 5 nitrogen and oxygen atoms in total. The van der Waals surface area contributed by atoms with Crippen molar-refractivity contribution in [3.63, 3.8) is 0 Å². The van der Waals surface area contributed by atoms with Gasteiger partial charge in [0.05, 0.1) is 33.5 Å². The number of unbranched alkanes of at least 4 members (excludes halogenated alkanes) is 28. The van der Waals surface area contributed by atoms with Gasteiger partial charge in [0.1, 0.15) is 12.6 Å². The molecule has 49 heavy (non-hydrogen) atoms. The summed E-state index contributed by atoms with van der Waals surface area (Å²) in [4.78, 5) is 25.5. The van der Waals surface area contributed by atoms with Gasteiger partial charge < -0.3 is 26.7 Å². The molecule has 2 atom stereocenters. The minimum atomic E-state index is -0.796. The van der Waals surface area contributed by atoms with Crippen molar-refractivity contribution >= 4 is 11.9 Å². The Labute approximate surface area is 312 Å². The van der Waals surface area contributed by atoms with E-state index >= 15 is 0 Å². The van der Waals surface area contributed by atoms with E-state index in [0.29, 0.717) is 11.0 Å². The topological polar surface area (TPSA) is 63.6 Å². The van der Waals surface area contributed by atoms with Crippen molar-refractivity contribution in [1.29, 1.82) is 0 Å². The smallest absolute Gasteiger partial charge is 0.316 e. The fourth-order valence-corrected chi connectivity index (χ4v) is 7.03. The van der Waals surface area contributed by atoms with Gasteiger partial charge in [0, 0.05) is 0 Å². The Balaban J connectivity index is 0. The van der Waals surface area contributed by atoms with Crippen LogP contribution in [0.15, 0.2) is 0 Å². The fourth-order valence-electron chi connectivity index (χ4n) is 7.03. The van der Waals surface area contributed by atoms with Crippen LogP contribution in [0.4, 0.5) is 0 Å². The molecule has 0 aliphatic heterocycles. The number of hydrogen-bond donors (Lipinski definition) is 1. The Morgan fingerprint density at radius 1 is 0.490 bits per heavy atom. The van der Waals surface area contributed by atoms with Crippen LogP contribution in [-0.2, 0) is 14.3 Å². The summed E-state index contributed by atoms with van der Waals surface area (Å²) in [5.74, 6) is -1.15. The van der Waals surface area contributed by atoms with Crippen molar-refractivity contribution in [1.82, 2.24) is 0 Å². The van der Waals surface area contributed by atoms with Crippen LogP contribution in [0.5, 0.6) is 0 Å². The van der Waals surface area contributed by atoms with E-state index in [9.17, 15) is 14.7 Å². The molecular formula is C43H86ClNO4. The summed E-state index contributed by atoms with van der Waals surface area (Å²) in [5, 5.41) is 10.3. The van der Waals surface area contributed by atoms with Gasteiger partial charge in [-0.3, -0.25) is 9.59 Å². The number of halogens is 1. The second-order valence-corrected chi connectivity index (χ2v) is 16.3. The number of likely N-dealkylation sites (N-methyl/N-ethyl adjacent to an activating group) is 1. The molecule has 0 bridgehead atoms. The van der Waals surface area contributed by atoms with E-state index in [1.165, 1.54) is 167 Å². The molecule has 294 valence electrons. The second kappa shape index (κ2) is 37.1. The standard InChI is InChI=1S/C43H86NO4.ClH/c1-6-8-10-12-14-16-18-20-22-23-25-27-29-31-33-35-37-40(43(47)48-42(46)38-41(45)39-44(3,4)5)36-34-32-30-28-26-24-21-19-17-15-13-11-9-7-2;/h40-41,45H,6-39H2,1-5H3;1H/q+1;/p-1. The van der Waals surface area contributed by atoms with Gasteiger partial charge in [-0.25, -0.2) is 0 Å². The van der Waals surface area contributed by atoms with E-state index in [-0.39, 0.29) is 30.7 Å². The molecular weight excluding hydrogens is 630 g/mol. The summed E-state index contributed by atoms with van der Waals surface area (Å²) in [6.45, 7) is 5.01. The third kappa shape index (κ3) is 38.4. The number of esters is 2. The quantitative estimate of drug-likeness (QED) is 0.0301. The molecule has 0 heterocycles. The van der Waals surface area contributed by atoms with Crippen LogP contribution >= 0.6 is 0 Å². The number of nitrogens with zero attached hydrogens (tertiary/aromatic N) is 1. The Bertz CT molecular complexity index is 710. The van der Waals surface area contributed by atoms with Crippen LogP contribution in [0.2, 0.25) is 0 Å². The molecule has 2 unspecified atom stereocenters. The van der Waals surface area contributed by atoms with Crippen molar-refractivity contribution in [3.8, 4) is 0 Å². The van der Waals surface area contributed by atoms with Crippen LogP contribution in [0.3, 0.4) is 0 Å². The summed E-state index contributed by atoms with van der Waals surface area (Å²) in [7, 11) is 5.93. The SMILES string of the molecule is CCCCCCCCCCCCCCCCCCC(CCCCCCCCCCCCCCCC)C(=O)OC(=O)CC(O)C[N+](C)(C)C.[Cl-]. The zero-order valence-electron chi connectivity index (χ0n) is 33.7. The Hall–Kier alpha value is -0.650. The minimum Gasteiger partial charge on any atom is -1.00 e. The van der Waals surface area contributed by atoms with Gasteiger partial charge in [-0.05, 0) is 12.8 Å². The van der Waals surface area contributed by atoms with Crippen LogP contribution in [0.25, 0.3) is 0 Å². The maximum absolute atomic E-state index is 13.0. The van der Waals surface area contributed by atoms with E-state index < -0.39 is 12.1 Å². The van der Waals surface area contributed by atoms with Crippen molar-refractivity contribution in [2.45, 2.75) is 232 Å². The van der Waals surface area contributed by atoms with Crippen LogP contribution in [0, 0.1) is 5.92 Å². The van der Waals surface area contributed by atoms with Gasteiger partial charge in [-0.15, -0.1) is 0 Å². The molecule has 0 aromatic carbocycles. The first-order valence-electron chi connectivity index (χ1n) is 21.4. The molecule has 6 heteroatoms. The Kier molecular flexibility index (Phi) is 38.2. The van der Waals surface area contributed by atoms with Crippen LogP contribution < -0.4 is 12.4 Å². The normalized spacial score (nSPS) is 12.9. The second-order valence-electron chi connectivity index (χ2n) is 16.3.